The van der Waals surface area contributed by atoms with Crippen LogP contribution in [-0.4, -0.2) is 29.0 Å². The van der Waals surface area contributed by atoms with Gasteiger partial charge in [0.05, 0.1) is 0 Å². The van der Waals surface area contributed by atoms with Crippen molar-refractivity contribution >= 4 is 16.7 Å². The Kier molecular flexibility index (Phi) is 3.52. The minimum Gasteiger partial charge on any atom is -0.347 e. The predicted molar refractivity (Wildman–Crippen MR) is 75.1 cm³/mol. The average molecular weight is 266 g/mol. The number of nitrogens with zero attached hydrogens (tertiary/aromatic N) is 3. The molecule has 1 heterocycles. The largest absolute Gasteiger partial charge is 0.347 e. The summed E-state index contributed by atoms with van der Waals surface area (Å²) in [4.78, 5) is 7.04. The van der Waals surface area contributed by atoms with Crippen molar-refractivity contribution in [3.05, 3.63) is 5.82 Å². The van der Waals surface area contributed by atoms with Crippen LogP contribution in [0.1, 0.15) is 50.3 Å². The second kappa shape index (κ2) is 5.13. The summed E-state index contributed by atoms with van der Waals surface area (Å²) >= 11 is 1.56. The molecule has 2 unspecified atom stereocenters. The fourth-order valence-corrected chi connectivity index (χ4v) is 3.76. The predicted octanol–water partition coefficient (Wildman–Crippen LogP) is 2.37. The molecule has 18 heavy (non-hydrogen) atoms. The van der Waals surface area contributed by atoms with Crippen molar-refractivity contribution in [2.24, 2.45) is 11.7 Å². The van der Waals surface area contributed by atoms with Crippen LogP contribution < -0.4 is 10.6 Å². The van der Waals surface area contributed by atoms with Gasteiger partial charge in [-0.2, -0.15) is 4.37 Å². The van der Waals surface area contributed by atoms with E-state index in [-0.39, 0.29) is 0 Å². The minimum absolute atomic E-state index is 0.559. The molecule has 0 aromatic carbocycles. The molecule has 0 aliphatic heterocycles. The summed E-state index contributed by atoms with van der Waals surface area (Å²) in [6.45, 7) is 0.795. The zero-order valence-corrected chi connectivity index (χ0v) is 11.8. The van der Waals surface area contributed by atoms with Crippen molar-refractivity contribution in [1.82, 2.24) is 9.36 Å². The van der Waals surface area contributed by atoms with Crippen LogP contribution in [-0.2, 0) is 0 Å². The molecule has 1 aromatic rings. The molecular formula is C13H22N4S. The molecule has 2 aliphatic carbocycles. The Morgan fingerprint density at radius 1 is 1.28 bits per heavy atom. The van der Waals surface area contributed by atoms with E-state index < -0.39 is 0 Å². The van der Waals surface area contributed by atoms with Gasteiger partial charge in [-0.25, -0.2) is 4.98 Å². The first-order valence-corrected chi connectivity index (χ1v) is 7.83. The van der Waals surface area contributed by atoms with Crippen LogP contribution in [0.15, 0.2) is 0 Å². The van der Waals surface area contributed by atoms with E-state index >= 15 is 0 Å². The number of nitrogens with two attached hydrogens (primary N) is 1. The van der Waals surface area contributed by atoms with E-state index in [0.29, 0.717) is 17.9 Å². The van der Waals surface area contributed by atoms with E-state index in [4.69, 9.17) is 10.7 Å². The Hall–Kier alpha value is -0.680. The van der Waals surface area contributed by atoms with Gasteiger partial charge in [0.25, 0.3) is 0 Å². The third kappa shape index (κ3) is 2.38. The van der Waals surface area contributed by atoms with Crippen LogP contribution in [0.25, 0.3) is 0 Å². The molecule has 0 radical (unpaired) electrons. The molecule has 0 amide bonds. The maximum atomic E-state index is 5.91. The van der Waals surface area contributed by atoms with Crippen LogP contribution in [0.4, 0.5) is 5.13 Å². The van der Waals surface area contributed by atoms with Crippen LogP contribution in [0.2, 0.25) is 0 Å². The van der Waals surface area contributed by atoms with E-state index in [1.807, 2.05) is 0 Å². The lowest BCUT2D eigenvalue weighted by atomic mass is 9.84. The number of aromatic nitrogens is 2. The fraction of sp³-hybridized carbons (Fsp3) is 0.846. The summed E-state index contributed by atoms with van der Waals surface area (Å²) in [5.74, 6) is 2.35. The van der Waals surface area contributed by atoms with Crippen LogP contribution in [0.5, 0.6) is 0 Å². The zero-order chi connectivity index (χ0) is 12.5. The smallest absolute Gasteiger partial charge is 0.205 e. The van der Waals surface area contributed by atoms with Gasteiger partial charge in [0.15, 0.2) is 0 Å². The Balaban J connectivity index is 1.72. The summed E-state index contributed by atoms with van der Waals surface area (Å²) < 4.78 is 4.50. The van der Waals surface area contributed by atoms with Gasteiger partial charge >= 0.3 is 0 Å². The SMILES string of the molecule is CN(c1nc(C2CC2)ns1)C1CCCCC1CN. The maximum absolute atomic E-state index is 5.91. The molecule has 2 fully saturated rings. The molecule has 2 aliphatic rings. The molecule has 2 N–H and O–H groups in total. The Morgan fingerprint density at radius 2 is 2.06 bits per heavy atom. The van der Waals surface area contributed by atoms with Crippen molar-refractivity contribution in [2.45, 2.75) is 50.5 Å². The zero-order valence-electron chi connectivity index (χ0n) is 11.0. The Morgan fingerprint density at radius 3 is 2.78 bits per heavy atom. The second-order valence-electron chi connectivity index (χ2n) is 5.67. The number of hydrogen-bond donors (Lipinski definition) is 1. The number of hydrogen-bond acceptors (Lipinski definition) is 5. The van der Waals surface area contributed by atoms with Gasteiger partial charge in [0.1, 0.15) is 5.82 Å². The van der Waals surface area contributed by atoms with Gasteiger partial charge in [-0.05, 0) is 38.1 Å². The van der Waals surface area contributed by atoms with Gasteiger partial charge in [-0.15, -0.1) is 0 Å². The summed E-state index contributed by atoms with van der Waals surface area (Å²) in [6.07, 6.45) is 7.70. The fourth-order valence-electron chi connectivity index (χ4n) is 2.99. The monoisotopic (exact) mass is 266 g/mol. The molecule has 4 nitrogen and oxygen atoms in total. The topological polar surface area (TPSA) is 55.0 Å². The second-order valence-corrected chi connectivity index (χ2v) is 6.40. The molecule has 3 rings (SSSR count). The third-order valence-electron chi connectivity index (χ3n) is 4.34. The molecule has 100 valence electrons. The van der Waals surface area contributed by atoms with Gasteiger partial charge in [-0.1, -0.05) is 12.8 Å². The minimum atomic E-state index is 0.559. The van der Waals surface area contributed by atoms with Crippen molar-refractivity contribution in [3.8, 4) is 0 Å². The Labute approximate surface area is 113 Å². The van der Waals surface area contributed by atoms with Crippen molar-refractivity contribution in [2.75, 3.05) is 18.5 Å². The molecule has 2 saturated carbocycles. The molecular weight excluding hydrogens is 244 g/mol. The number of anilines is 1. The van der Waals surface area contributed by atoms with Crippen LogP contribution >= 0.6 is 11.5 Å². The maximum Gasteiger partial charge on any atom is 0.205 e. The van der Waals surface area contributed by atoms with Gasteiger partial charge in [0.2, 0.25) is 5.13 Å². The first-order chi connectivity index (χ1) is 8.79. The Bertz CT molecular complexity index is 401. The van der Waals surface area contributed by atoms with E-state index in [2.05, 4.69) is 16.3 Å². The first kappa shape index (κ1) is 12.4. The van der Waals surface area contributed by atoms with E-state index in [9.17, 15) is 0 Å². The van der Waals surface area contributed by atoms with Gasteiger partial charge in [-0.3, -0.25) is 0 Å². The van der Waals surface area contributed by atoms with Gasteiger partial charge < -0.3 is 10.6 Å². The molecule has 1 aromatic heterocycles. The van der Waals surface area contributed by atoms with Crippen LogP contribution in [0, 0.1) is 5.92 Å². The van der Waals surface area contributed by atoms with E-state index in [1.165, 1.54) is 38.5 Å². The lowest BCUT2D eigenvalue weighted by Crippen LogP contribution is -2.43. The summed E-state index contributed by atoms with van der Waals surface area (Å²) in [5.41, 5.74) is 5.91. The molecule has 0 bridgehead atoms. The van der Waals surface area contributed by atoms with E-state index in [1.54, 1.807) is 11.5 Å². The number of rotatable bonds is 4. The van der Waals surface area contributed by atoms with Crippen molar-refractivity contribution in [1.29, 1.82) is 0 Å². The van der Waals surface area contributed by atoms with Crippen LogP contribution in [0.3, 0.4) is 0 Å². The van der Waals surface area contributed by atoms with Crippen molar-refractivity contribution < 1.29 is 0 Å². The first-order valence-electron chi connectivity index (χ1n) is 7.06. The lowest BCUT2D eigenvalue weighted by molar-refractivity contribution is 0.306. The highest BCUT2D eigenvalue weighted by molar-refractivity contribution is 7.09. The summed E-state index contributed by atoms with van der Waals surface area (Å²) in [5, 5.41) is 1.09. The summed E-state index contributed by atoms with van der Waals surface area (Å²) in [6, 6.07) is 0.559. The molecule has 0 saturated heterocycles. The highest BCUT2D eigenvalue weighted by atomic mass is 32.1. The molecule has 0 spiro atoms. The summed E-state index contributed by atoms with van der Waals surface area (Å²) in [7, 11) is 2.16. The quantitative estimate of drug-likeness (QED) is 0.909. The third-order valence-corrected chi connectivity index (χ3v) is 5.17. The highest BCUT2D eigenvalue weighted by Gasteiger charge is 2.31. The highest BCUT2D eigenvalue weighted by Crippen LogP contribution is 2.40. The molecule has 5 heteroatoms. The lowest BCUT2D eigenvalue weighted by Gasteiger charge is -2.37. The van der Waals surface area contributed by atoms with Gasteiger partial charge in [0, 0.05) is 30.5 Å². The van der Waals surface area contributed by atoms with Crippen molar-refractivity contribution in [3.63, 3.8) is 0 Å². The average Bonchev–Trinajstić information content (AvgIpc) is 3.16. The molecule has 2 atom stereocenters. The standard InChI is InChI=1S/C13H22N4S/c1-17(11-5-3-2-4-10(11)8-14)13-15-12(16-18-13)9-6-7-9/h9-11H,2-8,14H2,1H3. The van der Waals surface area contributed by atoms with E-state index in [0.717, 1.165) is 17.5 Å². The normalized spacial score (nSPS) is 28.3.